The number of aromatic nitrogens is 2. The maximum atomic E-state index is 13.2. The highest BCUT2D eigenvalue weighted by Gasteiger charge is 2.03. The van der Waals surface area contributed by atoms with Crippen molar-refractivity contribution in [2.75, 3.05) is 6.61 Å². The largest absolute Gasteiger partial charge is 0.494 e. The summed E-state index contributed by atoms with van der Waals surface area (Å²) >= 11 is 0. The molecular formula is C19H18FN3O2. The van der Waals surface area contributed by atoms with Crippen LogP contribution in [0.15, 0.2) is 54.9 Å². The van der Waals surface area contributed by atoms with Gasteiger partial charge in [0, 0.05) is 18.5 Å². The van der Waals surface area contributed by atoms with Crippen LogP contribution in [0.2, 0.25) is 0 Å². The van der Waals surface area contributed by atoms with E-state index in [0.29, 0.717) is 17.9 Å². The average molecular weight is 339 g/mol. The Hall–Kier alpha value is -3.15. The third-order valence-corrected chi connectivity index (χ3v) is 3.53. The van der Waals surface area contributed by atoms with Gasteiger partial charge in [0.15, 0.2) is 0 Å². The number of hydrogen-bond donors (Lipinski definition) is 1. The summed E-state index contributed by atoms with van der Waals surface area (Å²) in [6.45, 7) is 2.82. The number of pyridine rings is 1. The first kappa shape index (κ1) is 16.7. The van der Waals surface area contributed by atoms with Gasteiger partial charge in [-0.1, -0.05) is 12.1 Å². The molecule has 0 saturated heterocycles. The number of carbonyl (C=O) groups excluding carboxylic acids is 1. The molecule has 2 aromatic heterocycles. The summed E-state index contributed by atoms with van der Waals surface area (Å²) < 4.78 is 20.1. The van der Waals surface area contributed by atoms with Gasteiger partial charge in [-0.2, -0.15) is 0 Å². The fourth-order valence-electron chi connectivity index (χ4n) is 2.35. The van der Waals surface area contributed by atoms with E-state index in [1.807, 2.05) is 31.2 Å². The van der Waals surface area contributed by atoms with Gasteiger partial charge in [-0.25, -0.2) is 9.37 Å². The van der Waals surface area contributed by atoms with E-state index in [0.717, 1.165) is 11.3 Å². The number of carbonyl (C=O) groups is 1. The van der Waals surface area contributed by atoms with E-state index < -0.39 is 0 Å². The monoisotopic (exact) mass is 339 g/mol. The predicted molar refractivity (Wildman–Crippen MR) is 93.6 cm³/mol. The Balaban J connectivity index is 1.56. The maximum Gasteiger partial charge on any atom is 0.244 e. The van der Waals surface area contributed by atoms with E-state index in [9.17, 15) is 9.18 Å². The van der Waals surface area contributed by atoms with E-state index in [4.69, 9.17) is 4.74 Å². The number of nitrogens with one attached hydrogen (secondary N) is 1. The van der Waals surface area contributed by atoms with Crippen LogP contribution in [0.4, 0.5) is 4.39 Å². The molecule has 0 radical (unpaired) electrons. The molecular weight excluding hydrogens is 321 g/mol. The van der Waals surface area contributed by atoms with Crippen LogP contribution in [0.25, 0.3) is 11.7 Å². The zero-order chi connectivity index (χ0) is 17.6. The number of amides is 1. The first-order chi connectivity index (χ1) is 12.1. The number of ether oxygens (including phenoxy) is 1. The highest BCUT2D eigenvalue weighted by molar-refractivity contribution is 5.91. The molecule has 0 atom stereocenters. The summed E-state index contributed by atoms with van der Waals surface area (Å²) in [4.78, 5) is 16.2. The molecule has 0 aliphatic rings. The lowest BCUT2D eigenvalue weighted by Crippen LogP contribution is -2.20. The molecule has 3 rings (SSSR count). The Morgan fingerprint density at radius 3 is 2.80 bits per heavy atom. The van der Waals surface area contributed by atoms with E-state index in [1.54, 1.807) is 22.7 Å². The second-order valence-electron chi connectivity index (χ2n) is 5.40. The smallest absolute Gasteiger partial charge is 0.244 e. The minimum absolute atomic E-state index is 0.225. The summed E-state index contributed by atoms with van der Waals surface area (Å²) in [5, 5.41) is 2.76. The summed E-state index contributed by atoms with van der Waals surface area (Å²) in [6.07, 6.45) is 6.23. The summed E-state index contributed by atoms with van der Waals surface area (Å²) in [6, 6.07) is 10.4. The topological polar surface area (TPSA) is 55.6 Å². The molecule has 6 heteroatoms. The lowest BCUT2D eigenvalue weighted by Gasteiger charge is -2.02. The van der Waals surface area contributed by atoms with Crippen LogP contribution < -0.4 is 10.1 Å². The van der Waals surface area contributed by atoms with Crippen molar-refractivity contribution in [3.8, 4) is 5.75 Å². The van der Waals surface area contributed by atoms with Crippen molar-refractivity contribution in [1.82, 2.24) is 14.7 Å². The number of nitrogens with zero attached hydrogens (tertiary/aromatic N) is 2. The Bertz CT molecular complexity index is 901. The number of benzene rings is 1. The lowest BCUT2D eigenvalue weighted by atomic mass is 10.2. The van der Waals surface area contributed by atoms with E-state index in [-0.39, 0.29) is 18.3 Å². The van der Waals surface area contributed by atoms with Gasteiger partial charge in [-0.3, -0.25) is 4.79 Å². The highest BCUT2D eigenvalue weighted by atomic mass is 19.1. The fraction of sp³-hybridized carbons (Fsp3) is 0.158. The number of rotatable bonds is 6. The first-order valence-electron chi connectivity index (χ1n) is 7.96. The molecule has 0 aliphatic heterocycles. The van der Waals surface area contributed by atoms with Gasteiger partial charge in [0.2, 0.25) is 5.91 Å². The molecule has 0 saturated carbocycles. The number of hydrogen-bond acceptors (Lipinski definition) is 3. The van der Waals surface area contributed by atoms with Crippen LogP contribution in [-0.2, 0) is 11.3 Å². The Kier molecular flexibility index (Phi) is 5.09. The molecule has 0 spiro atoms. The Labute approximate surface area is 144 Å². The minimum Gasteiger partial charge on any atom is -0.494 e. The van der Waals surface area contributed by atoms with Crippen LogP contribution in [-0.4, -0.2) is 21.9 Å². The van der Waals surface area contributed by atoms with Crippen molar-refractivity contribution in [2.45, 2.75) is 13.5 Å². The van der Waals surface area contributed by atoms with E-state index in [2.05, 4.69) is 10.3 Å². The maximum absolute atomic E-state index is 13.2. The van der Waals surface area contributed by atoms with Gasteiger partial charge in [0.1, 0.15) is 17.2 Å². The number of fused-ring (bicyclic) bond motifs is 1. The predicted octanol–water partition coefficient (Wildman–Crippen LogP) is 3.20. The van der Waals surface area contributed by atoms with Gasteiger partial charge in [-0.15, -0.1) is 0 Å². The SMILES string of the molecule is CCOc1ccc(/C=C/C(=O)NCc2cn3cc(F)ccc3n2)cc1. The Morgan fingerprint density at radius 1 is 1.24 bits per heavy atom. The summed E-state index contributed by atoms with van der Waals surface area (Å²) in [7, 11) is 0. The standard InChI is InChI=1S/C19H18FN3O2/c1-2-25-17-7-3-14(4-8-17)5-10-19(24)21-11-16-13-23-12-15(20)6-9-18(23)22-16/h3-10,12-13H,2,11H2,1H3,(H,21,24)/b10-5+. The van der Waals surface area contributed by atoms with Crippen molar-refractivity contribution in [1.29, 1.82) is 0 Å². The molecule has 3 aromatic rings. The summed E-state index contributed by atoms with van der Waals surface area (Å²) in [5.41, 5.74) is 2.20. The van der Waals surface area contributed by atoms with Gasteiger partial charge in [0.05, 0.1) is 18.8 Å². The normalized spacial score (nSPS) is 11.1. The number of halogens is 1. The second-order valence-corrected chi connectivity index (χ2v) is 5.40. The van der Waals surface area contributed by atoms with Crippen molar-refractivity contribution in [2.24, 2.45) is 0 Å². The van der Waals surface area contributed by atoms with Crippen LogP contribution in [0.1, 0.15) is 18.2 Å². The molecule has 0 unspecified atom stereocenters. The van der Waals surface area contributed by atoms with Crippen molar-refractivity contribution >= 4 is 17.6 Å². The van der Waals surface area contributed by atoms with Gasteiger partial charge in [-0.05, 0) is 42.8 Å². The molecule has 1 N–H and O–H groups in total. The van der Waals surface area contributed by atoms with Gasteiger partial charge < -0.3 is 14.5 Å². The lowest BCUT2D eigenvalue weighted by molar-refractivity contribution is -0.116. The van der Waals surface area contributed by atoms with Crippen LogP contribution in [0, 0.1) is 5.82 Å². The Morgan fingerprint density at radius 2 is 2.04 bits per heavy atom. The summed E-state index contributed by atoms with van der Waals surface area (Å²) in [5.74, 6) is 0.239. The molecule has 128 valence electrons. The molecule has 25 heavy (non-hydrogen) atoms. The molecule has 0 fully saturated rings. The molecule has 1 amide bonds. The van der Waals surface area contributed by atoms with Crippen LogP contribution >= 0.6 is 0 Å². The minimum atomic E-state index is -0.334. The zero-order valence-corrected chi connectivity index (χ0v) is 13.8. The first-order valence-corrected chi connectivity index (χ1v) is 7.96. The molecule has 0 bridgehead atoms. The van der Waals surface area contributed by atoms with Crippen molar-refractivity contribution < 1.29 is 13.9 Å². The van der Waals surface area contributed by atoms with Gasteiger partial charge in [0.25, 0.3) is 0 Å². The van der Waals surface area contributed by atoms with E-state index in [1.165, 1.54) is 18.3 Å². The van der Waals surface area contributed by atoms with E-state index >= 15 is 0 Å². The van der Waals surface area contributed by atoms with Gasteiger partial charge >= 0.3 is 0 Å². The van der Waals surface area contributed by atoms with Crippen LogP contribution in [0.5, 0.6) is 5.75 Å². The second kappa shape index (κ2) is 7.61. The third-order valence-electron chi connectivity index (χ3n) is 3.53. The quantitative estimate of drug-likeness (QED) is 0.702. The molecule has 2 heterocycles. The van der Waals surface area contributed by atoms with Crippen molar-refractivity contribution in [3.05, 3.63) is 71.9 Å². The number of imidazole rings is 1. The van der Waals surface area contributed by atoms with Crippen LogP contribution in [0.3, 0.4) is 0 Å². The van der Waals surface area contributed by atoms with Crippen molar-refractivity contribution in [3.63, 3.8) is 0 Å². The highest BCUT2D eigenvalue weighted by Crippen LogP contribution is 2.13. The molecule has 0 aliphatic carbocycles. The zero-order valence-electron chi connectivity index (χ0n) is 13.8. The fourth-order valence-corrected chi connectivity index (χ4v) is 2.35. The third kappa shape index (κ3) is 4.44. The average Bonchev–Trinajstić information content (AvgIpc) is 3.01. The molecule has 5 nitrogen and oxygen atoms in total. The molecule has 1 aromatic carbocycles.